The highest BCUT2D eigenvalue weighted by molar-refractivity contribution is 5.17. The van der Waals surface area contributed by atoms with Gasteiger partial charge >= 0.3 is 0 Å². The van der Waals surface area contributed by atoms with E-state index in [2.05, 4.69) is 12.5 Å². The number of rotatable bonds is 6. The molecular formula is C15H18FN. The maximum atomic E-state index is 12.7. The topological polar surface area (TPSA) is 3.24 Å². The quantitative estimate of drug-likeness (QED) is 0.537. The van der Waals surface area contributed by atoms with Gasteiger partial charge in [-0.1, -0.05) is 30.2 Å². The van der Waals surface area contributed by atoms with Crippen LogP contribution in [-0.4, -0.2) is 25.0 Å². The largest absolute Gasteiger partial charge is 0.291 e. The molecule has 0 saturated carbocycles. The van der Waals surface area contributed by atoms with Crippen LogP contribution in [0.5, 0.6) is 0 Å². The maximum Gasteiger partial charge on any atom is 0.123 e. The first-order valence-electron chi connectivity index (χ1n) is 5.65. The summed E-state index contributed by atoms with van der Waals surface area (Å²) in [7, 11) is 1.98. The van der Waals surface area contributed by atoms with Crippen molar-refractivity contribution < 1.29 is 4.39 Å². The molecule has 0 fully saturated rings. The van der Waals surface area contributed by atoms with E-state index in [-0.39, 0.29) is 5.82 Å². The van der Waals surface area contributed by atoms with Crippen LogP contribution < -0.4 is 0 Å². The zero-order valence-electron chi connectivity index (χ0n) is 10.2. The molecule has 0 amide bonds. The number of halogens is 1. The number of terminal acetylenes is 1. The number of benzene rings is 1. The van der Waals surface area contributed by atoms with Gasteiger partial charge in [-0.15, -0.1) is 6.42 Å². The molecular weight excluding hydrogens is 213 g/mol. The van der Waals surface area contributed by atoms with E-state index < -0.39 is 0 Å². The molecule has 0 aromatic heterocycles. The van der Waals surface area contributed by atoms with Gasteiger partial charge in [0.2, 0.25) is 0 Å². The molecule has 0 spiro atoms. The van der Waals surface area contributed by atoms with E-state index in [1.54, 1.807) is 0 Å². The van der Waals surface area contributed by atoms with E-state index in [1.807, 2.05) is 24.1 Å². The van der Waals surface area contributed by atoms with Crippen molar-refractivity contribution in [3.63, 3.8) is 0 Å². The summed E-state index contributed by atoms with van der Waals surface area (Å²) >= 11 is 0. The van der Waals surface area contributed by atoms with Gasteiger partial charge in [0.25, 0.3) is 0 Å². The first-order chi connectivity index (χ1) is 8.11. The molecule has 0 aliphatic heterocycles. The van der Waals surface area contributed by atoms with Gasteiger partial charge in [-0.3, -0.25) is 4.90 Å². The lowest BCUT2D eigenvalue weighted by Gasteiger charge is -2.15. The molecule has 0 aliphatic carbocycles. The Hall–Kier alpha value is -1.59. The van der Waals surface area contributed by atoms with E-state index in [9.17, 15) is 4.39 Å². The lowest BCUT2D eigenvalue weighted by atomic mass is 10.1. The van der Waals surface area contributed by atoms with Crippen LogP contribution in [0.3, 0.4) is 0 Å². The Labute approximate surface area is 103 Å². The van der Waals surface area contributed by atoms with E-state index in [0.29, 0.717) is 6.54 Å². The summed E-state index contributed by atoms with van der Waals surface area (Å²) in [4.78, 5) is 2.05. The summed E-state index contributed by atoms with van der Waals surface area (Å²) in [5.41, 5.74) is 2.28. The molecule has 0 N–H and O–H groups in total. The smallest absolute Gasteiger partial charge is 0.123 e. The van der Waals surface area contributed by atoms with Crippen LogP contribution in [0.4, 0.5) is 4.39 Å². The Morgan fingerprint density at radius 3 is 2.65 bits per heavy atom. The van der Waals surface area contributed by atoms with Crippen molar-refractivity contribution in [1.29, 1.82) is 0 Å². The molecule has 0 atom stereocenters. The Morgan fingerprint density at radius 1 is 1.41 bits per heavy atom. The molecule has 2 heteroatoms. The van der Waals surface area contributed by atoms with Crippen LogP contribution in [0.15, 0.2) is 36.4 Å². The molecule has 1 nitrogen and oxygen atoms in total. The number of nitrogens with zero attached hydrogens (tertiary/aromatic N) is 1. The third-order valence-corrected chi connectivity index (χ3v) is 2.54. The maximum absolute atomic E-state index is 12.7. The SMILES string of the molecule is C#CCN(C)CC(=C)CCc1ccc(F)cc1. The molecule has 0 radical (unpaired) electrons. The summed E-state index contributed by atoms with van der Waals surface area (Å²) in [6.07, 6.45) is 7.02. The minimum absolute atomic E-state index is 0.193. The van der Waals surface area contributed by atoms with Gasteiger partial charge < -0.3 is 0 Å². The van der Waals surface area contributed by atoms with Crippen molar-refractivity contribution >= 4 is 0 Å². The van der Waals surface area contributed by atoms with Crippen LogP contribution in [0.2, 0.25) is 0 Å². The predicted molar refractivity (Wildman–Crippen MR) is 70.2 cm³/mol. The first-order valence-corrected chi connectivity index (χ1v) is 5.65. The fraction of sp³-hybridized carbons (Fsp3) is 0.333. The molecule has 90 valence electrons. The summed E-state index contributed by atoms with van der Waals surface area (Å²) in [6, 6.07) is 6.60. The van der Waals surface area contributed by atoms with E-state index >= 15 is 0 Å². The Bertz CT molecular complexity index is 400. The second kappa shape index (κ2) is 6.88. The van der Waals surface area contributed by atoms with Gasteiger partial charge in [0, 0.05) is 6.54 Å². The fourth-order valence-corrected chi connectivity index (χ4v) is 1.64. The molecule has 0 saturated heterocycles. The molecule has 0 heterocycles. The van der Waals surface area contributed by atoms with Crippen molar-refractivity contribution in [2.75, 3.05) is 20.1 Å². The Kier molecular flexibility index (Phi) is 5.45. The Balaban J connectivity index is 2.33. The summed E-state index contributed by atoms with van der Waals surface area (Å²) in [5.74, 6) is 2.40. The van der Waals surface area contributed by atoms with Crippen molar-refractivity contribution in [3.8, 4) is 12.3 Å². The van der Waals surface area contributed by atoms with Gasteiger partial charge in [-0.25, -0.2) is 4.39 Å². The Morgan fingerprint density at radius 2 is 2.06 bits per heavy atom. The number of hydrogen-bond donors (Lipinski definition) is 0. The van der Waals surface area contributed by atoms with Gasteiger partial charge in [-0.05, 0) is 37.6 Å². The predicted octanol–water partition coefficient (Wildman–Crippen LogP) is 2.88. The molecule has 17 heavy (non-hydrogen) atoms. The highest BCUT2D eigenvalue weighted by Crippen LogP contribution is 2.09. The van der Waals surface area contributed by atoms with Gasteiger partial charge in [0.15, 0.2) is 0 Å². The summed E-state index contributed by atoms with van der Waals surface area (Å²) in [6.45, 7) is 5.47. The third-order valence-electron chi connectivity index (χ3n) is 2.54. The molecule has 1 aromatic carbocycles. The monoisotopic (exact) mass is 231 g/mol. The number of hydrogen-bond acceptors (Lipinski definition) is 1. The second-order valence-corrected chi connectivity index (χ2v) is 4.25. The highest BCUT2D eigenvalue weighted by Gasteiger charge is 2.01. The van der Waals surface area contributed by atoms with Gasteiger partial charge in [-0.2, -0.15) is 0 Å². The average molecular weight is 231 g/mol. The van der Waals surface area contributed by atoms with E-state index in [1.165, 1.54) is 12.1 Å². The van der Waals surface area contributed by atoms with Crippen molar-refractivity contribution in [2.45, 2.75) is 12.8 Å². The molecule has 0 bridgehead atoms. The standard InChI is InChI=1S/C15H18FN/c1-4-11-17(3)12-13(2)5-6-14-7-9-15(16)10-8-14/h1,7-10H,2,5-6,11-12H2,3H3. The van der Waals surface area contributed by atoms with Crippen LogP contribution in [0, 0.1) is 18.2 Å². The average Bonchev–Trinajstić information content (AvgIpc) is 2.28. The minimum atomic E-state index is -0.193. The van der Waals surface area contributed by atoms with Crippen LogP contribution in [0.25, 0.3) is 0 Å². The summed E-state index contributed by atoms with van der Waals surface area (Å²) in [5, 5.41) is 0. The molecule has 1 aromatic rings. The number of likely N-dealkylation sites (N-methyl/N-ethyl adjacent to an activating group) is 1. The first kappa shape index (κ1) is 13.5. The van der Waals surface area contributed by atoms with Crippen LogP contribution in [0.1, 0.15) is 12.0 Å². The van der Waals surface area contributed by atoms with Crippen molar-refractivity contribution in [2.24, 2.45) is 0 Å². The van der Waals surface area contributed by atoms with Gasteiger partial charge in [0.1, 0.15) is 5.82 Å². The number of aryl methyl sites for hydroxylation is 1. The van der Waals surface area contributed by atoms with Crippen molar-refractivity contribution in [3.05, 3.63) is 47.8 Å². The third kappa shape index (κ3) is 5.33. The van der Waals surface area contributed by atoms with E-state index in [0.717, 1.165) is 30.5 Å². The second-order valence-electron chi connectivity index (χ2n) is 4.25. The minimum Gasteiger partial charge on any atom is -0.291 e. The lowest BCUT2D eigenvalue weighted by molar-refractivity contribution is 0.405. The molecule has 0 aliphatic rings. The zero-order chi connectivity index (χ0) is 12.7. The lowest BCUT2D eigenvalue weighted by Crippen LogP contribution is -2.21. The van der Waals surface area contributed by atoms with E-state index in [4.69, 9.17) is 6.42 Å². The normalized spacial score (nSPS) is 10.2. The van der Waals surface area contributed by atoms with Gasteiger partial charge in [0.05, 0.1) is 6.54 Å². The summed E-state index contributed by atoms with van der Waals surface area (Å²) < 4.78 is 12.7. The van der Waals surface area contributed by atoms with Crippen molar-refractivity contribution in [1.82, 2.24) is 4.90 Å². The van der Waals surface area contributed by atoms with Crippen LogP contribution >= 0.6 is 0 Å². The van der Waals surface area contributed by atoms with Crippen LogP contribution in [-0.2, 0) is 6.42 Å². The molecule has 1 rings (SSSR count). The zero-order valence-corrected chi connectivity index (χ0v) is 10.2. The fourth-order valence-electron chi connectivity index (χ4n) is 1.64. The highest BCUT2D eigenvalue weighted by atomic mass is 19.1. The molecule has 0 unspecified atom stereocenters.